The highest BCUT2D eigenvalue weighted by Gasteiger charge is 2.37. The zero-order chi connectivity index (χ0) is 37.4. The number of benzene rings is 3. The van der Waals surface area contributed by atoms with E-state index < -0.39 is 29.2 Å². The van der Waals surface area contributed by atoms with Gasteiger partial charge in [-0.25, -0.2) is 4.79 Å². The van der Waals surface area contributed by atoms with Crippen molar-refractivity contribution in [2.75, 3.05) is 18.5 Å². The van der Waals surface area contributed by atoms with Gasteiger partial charge in [0.25, 0.3) is 11.8 Å². The number of nitrogens with one attached hydrogen (secondary N) is 2. The first-order valence-corrected chi connectivity index (χ1v) is 17.4. The molecule has 3 aromatic carbocycles. The Morgan fingerprint density at radius 3 is 2.02 bits per heavy atom. The molecule has 0 saturated carbocycles. The fraction of sp³-hybridized carbons (Fsp3) is 0.450. The standard InChI is InChI=1S/C40H51ClN2O7/c1-10-39(6,7)27-16-20-32(29(24-27)40(8,9)11-2)49-22-12-21-42-35(45)26-15-19-30(41)31(23-26)43-36(46)33(34(44)38(3,4)5)50-28-17-13-25(14-18-28)37(47)48/h13-20,23-24,33H,10-12,21-22H2,1-9H3,(H,42,45)(H,43,46)(H,47,48). The van der Waals surface area contributed by atoms with Crippen LogP contribution in [0.25, 0.3) is 0 Å². The van der Waals surface area contributed by atoms with E-state index in [0.29, 0.717) is 19.6 Å². The van der Waals surface area contributed by atoms with Crippen molar-refractivity contribution in [3.63, 3.8) is 0 Å². The lowest BCUT2D eigenvalue weighted by molar-refractivity contribution is -0.140. The molecule has 0 aliphatic rings. The lowest BCUT2D eigenvalue weighted by Gasteiger charge is -2.30. The number of carboxylic acids is 1. The summed E-state index contributed by atoms with van der Waals surface area (Å²) in [7, 11) is 0. The molecular formula is C40H51ClN2O7. The van der Waals surface area contributed by atoms with Gasteiger partial charge in [-0.1, -0.05) is 86.0 Å². The highest BCUT2D eigenvalue weighted by molar-refractivity contribution is 6.34. The fourth-order valence-electron chi connectivity index (χ4n) is 4.95. The summed E-state index contributed by atoms with van der Waals surface area (Å²) in [6, 6.07) is 16.3. The number of halogens is 1. The second-order valence-corrected chi connectivity index (χ2v) is 15.2. The molecule has 0 spiro atoms. The van der Waals surface area contributed by atoms with Gasteiger partial charge in [-0.2, -0.15) is 0 Å². The lowest BCUT2D eigenvalue weighted by atomic mass is 9.76. The summed E-state index contributed by atoms with van der Waals surface area (Å²) in [6.45, 7) is 19.0. The van der Waals surface area contributed by atoms with Crippen LogP contribution in [0.3, 0.4) is 0 Å². The van der Waals surface area contributed by atoms with Gasteiger partial charge in [0.2, 0.25) is 6.10 Å². The largest absolute Gasteiger partial charge is 0.493 e. The molecule has 0 heterocycles. The van der Waals surface area contributed by atoms with E-state index in [9.17, 15) is 24.3 Å². The Hall–Kier alpha value is -4.37. The third-order valence-electron chi connectivity index (χ3n) is 9.18. The van der Waals surface area contributed by atoms with Crippen molar-refractivity contribution >= 4 is 40.9 Å². The molecule has 0 fully saturated rings. The van der Waals surface area contributed by atoms with Gasteiger partial charge in [0.05, 0.1) is 22.9 Å². The van der Waals surface area contributed by atoms with Crippen LogP contribution in [0.15, 0.2) is 60.7 Å². The van der Waals surface area contributed by atoms with E-state index in [-0.39, 0.29) is 44.3 Å². The van der Waals surface area contributed by atoms with Crippen molar-refractivity contribution in [2.24, 2.45) is 5.41 Å². The van der Waals surface area contributed by atoms with Gasteiger partial charge >= 0.3 is 5.97 Å². The number of hydrogen-bond acceptors (Lipinski definition) is 6. The van der Waals surface area contributed by atoms with Gasteiger partial charge in [0, 0.05) is 23.1 Å². The second-order valence-electron chi connectivity index (χ2n) is 14.8. The molecular weight excluding hydrogens is 656 g/mol. The first-order chi connectivity index (χ1) is 23.3. The van der Waals surface area contributed by atoms with Crippen molar-refractivity contribution < 1.29 is 33.8 Å². The average Bonchev–Trinajstić information content (AvgIpc) is 3.07. The molecule has 10 heteroatoms. The van der Waals surface area contributed by atoms with E-state index in [0.717, 1.165) is 18.6 Å². The maximum Gasteiger partial charge on any atom is 0.335 e. The third kappa shape index (κ3) is 10.3. The minimum Gasteiger partial charge on any atom is -0.493 e. The number of hydrogen-bond donors (Lipinski definition) is 3. The summed E-state index contributed by atoms with van der Waals surface area (Å²) in [5, 5.41) is 14.9. The molecule has 3 N–H and O–H groups in total. The zero-order valence-corrected chi connectivity index (χ0v) is 31.4. The number of Topliss-reactive ketones (excluding diaryl/α,β-unsaturated/α-hetero) is 1. The van der Waals surface area contributed by atoms with Gasteiger partial charge in [0.15, 0.2) is 5.78 Å². The number of amides is 2. The Kier molecular flexibility index (Phi) is 13.3. The number of ether oxygens (including phenoxy) is 2. The molecule has 1 unspecified atom stereocenters. The highest BCUT2D eigenvalue weighted by atomic mass is 35.5. The van der Waals surface area contributed by atoms with Crippen LogP contribution in [-0.4, -0.2) is 47.9 Å². The maximum absolute atomic E-state index is 13.4. The van der Waals surface area contributed by atoms with Gasteiger partial charge in [0.1, 0.15) is 11.5 Å². The molecule has 270 valence electrons. The minimum absolute atomic E-state index is 0.0290. The molecule has 0 aromatic heterocycles. The number of ketones is 1. The maximum atomic E-state index is 13.4. The van der Waals surface area contributed by atoms with E-state index in [4.69, 9.17) is 21.1 Å². The molecule has 9 nitrogen and oxygen atoms in total. The Labute approximate surface area is 301 Å². The number of aromatic carboxylic acids is 1. The van der Waals surface area contributed by atoms with Crippen LogP contribution in [0.5, 0.6) is 11.5 Å². The predicted octanol–water partition coefficient (Wildman–Crippen LogP) is 8.61. The molecule has 3 rings (SSSR count). The normalized spacial score (nSPS) is 12.5. The van der Waals surface area contributed by atoms with Crippen LogP contribution >= 0.6 is 11.6 Å². The van der Waals surface area contributed by atoms with Gasteiger partial charge < -0.3 is 25.2 Å². The highest BCUT2D eigenvalue weighted by Crippen LogP contribution is 2.38. The minimum atomic E-state index is -1.57. The van der Waals surface area contributed by atoms with E-state index >= 15 is 0 Å². The summed E-state index contributed by atoms with van der Waals surface area (Å²) in [5.74, 6) is -1.80. The van der Waals surface area contributed by atoms with E-state index in [1.54, 1.807) is 26.8 Å². The van der Waals surface area contributed by atoms with E-state index in [1.165, 1.54) is 47.5 Å². The van der Waals surface area contributed by atoms with Crippen molar-refractivity contribution in [1.82, 2.24) is 5.32 Å². The monoisotopic (exact) mass is 706 g/mol. The quantitative estimate of drug-likeness (QED) is 0.100. The number of carboxylic acid groups (broad SMARTS) is 1. The number of carbonyl (C=O) groups is 4. The molecule has 3 aromatic rings. The van der Waals surface area contributed by atoms with Gasteiger partial charge in [-0.15, -0.1) is 0 Å². The summed E-state index contributed by atoms with van der Waals surface area (Å²) < 4.78 is 12.0. The molecule has 0 radical (unpaired) electrons. The summed E-state index contributed by atoms with van der Waals surface area (Å²) >= 11 is 6.38. The van der Waals surface area contributed by atoms with Crippen LogP contribution in [0, 0.1) is 5.41 Å². The SMILES string of the molecule is CCC(C)(C)c1ccc(OCCCNC(=O)c2ccc(Cl)c(NC(=O)C(Oc3ccc(C(=O)O)cc3)C(=O)C(C)(C)C)c2)c(C(C)(C)CC)c1. The van der Waals surface area contributed by atoms with Gasteiger partial charge in [-0.05, 0) is 84.2 Å². The summed E-state index contributed by atoms with van der Waals surface area (Å²) in [4.78, 5) is 51.0. The fourth-order valence-corrected chi connectivity index (χ4v) is 5.12. The van der Waals surface area contributed by atoms with Crippen molar-refractivity contribution in [2.45, 2.75) is 98.5 Å². The van der Waals surface area contributed by atoms with Crippen LogP contribution in [0.2, 0.25) is 5.02 Å². The Morgan fingerprint density at radius 1 is 0.820 bits per heavy atom. The number of anilines is 1. The van der Waals surface area contributed by atoms with Gasteiger partial charge in [-0.3, -0.25) is 14.4 Å². The summed E-state index contributed by atoms with van der Waals surface area (Å²) in [6.07, 6.45) is 0.982. The van der Waals surface area contributed by atoms with Crippen molar-refractivity contribution in [3.05, 3.63) is 87.9 Å². The topological polar surface area (TPSA) is 131 Å². The van der Waals surface area contributed by atoms with Crippen molar-refractivity contribution in [1.29, 1.82) is 0 Å². The molecule has 0 saturated heterocycles. The molecule has 2 amide bonds. The molecule has 50 heavy (non-hydrogen) atoms. The first kappa shape index (κ1) is 40.1. The first-order valence-electron chi connectivity index (χ1n) is 17.0. The molecule has 0 aliphatic carbocycles. The second kappa shape index (κ2) is 16.6. The molecule has 0 bridgehead atoms. The molecule has 0 aliphatic heterocycles. The smallest absolute Gasteiger partial charge is 0.335 e. The number of rotatable bonds is 16. The van der Waals surface area contributed by atoms with Crippen LogP contribution in [0.4, 0.5) is 5.69 Å². The Bertz CT molecular complexity index is 1690. The van der Waals surface area contributed by atoms with E-state index in [2.05, 4.69) is 70.4 Å². The third-order valence-corrected chi connectivity index (χ3v) is 9.51. The lowest BCUT2D eigenvalue weighted by Crippen LogP contribution is -2.45. The van der Waals surface area contributed by atoms with E-state index in [1.807, 2.05) is 0 Å². The molecule has 1 atom stereocenters. The van der Waals surface area contributed by atoms with Crippen molar-refractivity contribution in [3.8, 4) is 11.5 Å². The van der Waals surface area contributed by atoms with Crippen LogP contribution in [0.1, 0.15) is 113 Å². The Balaban J connectivity index is 1.67. The predicted molar refractivity (Wildman–Crippen MR) is 198 cm³/mol. The zero-order valence-electron chi connectivity index (χ0n) is 30.7. The van der Waals surface area contributed by atoms with Crippen LogP contribution < -0.4 is 20.1 Å². The summed E-state index contributed by atoms with van der Waals surface area (Å²) in [5.41, 5.74) is 1.93. The Morgan fingerprint density at radius 2 is 1.44 bits per heavy atom. The average molecular weight is 707 g/mol. The van der Waals surface area contributed by atoms with Crippen LogP contribution in [-0.2, 0) is 20.4 Å². The number of carbonyl (C=O) groups excluding carboxylic acids is 3.